The number of nitrogens with two attached hydrogens (primary N) is 1. The van der Waals surface area contributed by atoms with Crippen LogP contribution < -0.4 is 11.3 Å². The molecular formula is C13H20F2N2. The van der Waals surface area contributed by atoms with E-state index in [1.54, 1.807) is 0 Å². The lowest BCUT2D eigenvalue weighted by Crippen LogP contribution is -2.39. The molecular weight excluding hydrogens is 222 g/mol. The van der Waals surface area contributed by atoms with E-state index in [1.165, 1.54) is 12.1 Å². The molecule has 0 saturated heterocycles. The predicted octanol–water partition coefficient (Wildman–Crippen LogP) is 2.78. The zero-order valence-electron chi connectivity index (χ0n) is 10.6. The van der Waals surface area contributed by atoms with Crippen molar-refractivity contribution in [1.29, 1.82) is 0 Å². The Bertz CT molecular complexity index is 352. The summed E-state index contributed by atoms with van der Waals surface area (Å²) in [5.41, 5.74) is 3.44. The van der Waals surface area contributed by atoms with Crippen LogP contribution in [-0.2, 0) is 6.42 Å². The molecule has 1 unspecified atom stereocenters. The largest absolute Gasteiger partial charge is 0.271 e. The van der Waals surface area contributed by atoms with Crippen molar-refractivity contribution in [3.8, 4) is 0 Å². The first kappa shape index (κ1) is 14.1. The van der Waals surface area contributed by atoms with Gasteiger partial charge in [0, 0.05) is 12.1 Å². The summed E-state index contributed by atoms with van der Waals surface area (Å²) in [6.45, 7) is 6.30. The van der Waals surface area contributed by atoms with Gasteiger partial charge in [-0.1, -0.05) is 20.8 Å². The molecule has 0 heterocycles. The molecule has 4 heteroatoms. The molecule has 0 amide bonds. The third-order valence-corrected chi connectivity index (χ3v) is 2.50. The fourth-order valence-corrected chi connectivity index (χ4v) is 1.94. The molecule has 3 N–H and O–H groups in total. The van der Waals surface area contributed by atoms with Gasteiger partial charge in [0.1, 0.15) is 11.6 Å². The summed E-state index contributed by atoms with van der Waals surface area (Å²) in [4.78, 5) is 0. The van der Waals surface area contributed by atoms with Crippen LogP contribution >= 0.6 is 0 Å². The first-order valence-corrected chi connectivity index (χ1v) is 5.71. The second kappa shape index (κ2) is 5.56. The van der Waals surface area contributed by atoms with E-state index in [0.717, 1.165) is 12.5 Å². The van der Waals surface area contributed by atoms with Crippen LogP contribution in [0.1, 0.15) is 32.8 Å². The lowest BCUT2D eigenvalue weighted by Gasteiger charge is -2.25. The molecule has 96 valence electrons. The van der Waals surface area contributed by atoms with Gasteiger partial charge in [-0.15, -0.1) is 0 Å². The minimum Gasteiger partial charge on any atom is -0.271 e. The lowest BCUT2D eigenvalue weighted by molar-refractivity contribution is 0.308. The monoisotopic (exact) mass is 242 g/mol. The second-order valence-corrected chi connectivity index (χ2v) is 5.61. The highest BCUT2D eigenvalue weighted by molar-refractivity contribution is 5.19. The molecule has 1 atom stereocenters. The maximum Gasteiger partial charge on any atom is 0.126 e. The molecule has 0 aliphatic carbocycles. The topological polar surface area (TPSA) is 38.0 Å². The first-order valence-electron chi connectivity index (χ1n) is 5.71. The van der Waals surface area contributed by atoms with Gasteiger partial charge >= 0.3 is 0 Å². The molecule has 0 aliphatic heterocycles. The first-order chi connectivity index (χ1) is 7.80. The van der Waals surface area contributed by atoms with Crippen LogP contribution in [0.2, 0.25) is 0 Å². The Hall–Kier alpha value is -1.00. The molecule has 1 aromatic carbocycles. The molecule has 0 saturated carbocycles. The van der Waals surface area contributed by atoms with Crippen molar-refractivity contribution in [3.63, 3.8) is 0 Å². The van der Waals surface area contributed by atoms with Gasteiger partial charge in [-0.05, 0) is 36.0 Å². The van der Waals surface area contributed by atoms with Crippen LogP contribution in [0.3, 0.4) is 0 Å². The zero-order chi connectivity index (χ0) is 13.1. The van der Waals surface area contributed by atoms with Crippen molar-refractivity contribution in [3.05, 3.63) is 35.4 Å². The van der Waals surface area contributed by atoms with E-state index in [4.69, 9.17) is 5.84 Å². The summed E-state index contributed by atoms with van der Waals surface area (Å²) in [6, 6.07) is 3.57. The summed E-state index contributed by atoms with van der Waals surface area (Å²) < 4.78 is 26.1. The molecule has 1 rings (SSSR count). The van der Waals surface area contributed by atoms with Gasteiger partial charge < -0.3 is 0 Å². The van der Waals surface area contributed by atoms with E-state index in [0.29, 0.717) is 12.0 Å². The van der Waals surface area contributed by atoms with E-state index in [1.807, 2.05) is 0 Å². The van der Waals surface area contributed by atoms with Gasteiger partial charge in [0.25, 0.3) is 0 Å². The SMILES string of the molecule is CC(C)(C)CC(Cc1cc(F)cc(F)c1)NN. The van der Waals surface area contributed by atoms with Crippen LogP contribution in [0.5, 0.6) is 0 Å². The molecule has 0 aliphatic rings. The number of nitrogens with one attached hydrogen (secondary N) is 1. The summed E-state index contributed by atoms with van der Waals surface area (Å²) in [7, 11) is 0. The van der Waals surface area contributed by atoms with Crippen molar-refractivity contribution in [1.82, 2.24) is 5.43 Å². The van der Waals surface area contributed by atoms with Crippen molar-refractivity contribution >= 4 is 0 Å². The van der Waals surface area contributed by atoms with Crippen molar-refractivity contribution in [2.75, 3.05) is 0 Å². The van der Waals surface area contributed by atoms with E-state index >= 15 is 0 Å². The Balaban J connectivity index is 2.73. The predicted molar refractivity (Wildman–Crippen MR) is 65.2 cm³/mol. The minimum absolute atomic E-state index is 0.0104. The quantitative estimate of drug-likeness (QED) is 0.629. The van der Waals surface area contributed by atoms with Crippen molar-refractivity contribution in [2.45, 2.75) is 39.7 Å². The normalized spacial score (nSPS) is 13.8. The average Bonchev–Trinajstić information content (AvgIpc) is 2.12. The van der Waals surface area contributed by atoms with Gasteiger partial charge in [0.15, 0.2) is 0 Å². The van der Waals surface area contributed by atoms with Crippen LogP contribution in [0.25, 0.3) is 0 Å². The Kier molecular flexibility index (Phi) is 4.60. The molecule has 2 nitrogen and oxygen atoms in total. The third kappa shape index (κ3) is 5.24. The minimum atomic E-state index is -0.550. The molecule has 0 aromatic heterocycles. The van der Waals surface area contributed by atoms with Gasteiger partial charge in [-0.3, -0.25) is 11.3 Å². The fourth-order valence-electron chi connectivity index (χ4n) is 1.94. The van der Waals surface area contributed by atoms with Gasteiger partial charge in [0.05, 0.1) is 0 Å². The summed E-state index contributed by atoms with van der Waals surface area (Å²) >= 11 is 0. The number of hydrogen-bond donors (Lipinski definition) is 2. The molecule has 0 fully saturated rings. The average molecular weight is 242 g/mol. The highest BCUT2D eigenvalue weighted by atomic mass is 19.1. The zero-order valence-corrected chi connectivity index (χ0v) is 10.6. The van der Waals surface area contributed by atoms with Crippen molar-refractivity contribution < 1.29 is 8.78 Å². The van der Waals surface area contributed by atoms with E-state index in [2.05, 4.69) is 26.2 Å². The van der Waals surface area contributed by atoms with E-state index in [9.17, 15) is 8.78 Å². The smallest absolute Gasteiger partial charge is 0.126 e. The van der Waals surface area contributed by atoms with Crippen LogP contribution in [0.4, 0.5) is 8.78 Å². The Morgan fingerprint density at radius 3 is 2.12 bits per heavy atom. The van der Waals surface area contributed by atoms with Gasteiger partial charge in [-0.2, -0.15) is 0 Å². The maximum atomic E-state index is 13.0. The van der Waals surface area contributed by atoms with Crippen molar-refractivity contribution in [2.24, 2.45) is 11.3 Å². The van der Waals surface area contributed by atoms with E-state index < -0.39 is 11.6 Å². The second-order valence-electron chi connectivity index (χ2n) is 5.61. The number of halogens is 2. The summed E-state index contributed by atoms with van der Waals surface area (Å²) in [5.74, 6) is 4.37. The number of hydrazine groups is 1. The van der Waals surface area contributed by atoms with Gasteiger partial charge in [-0.25, -0.2) is 8.78 Å². The highest BCUT2D eigenvalue weighted by Crippen LogP contribution is 2.22. The van der Waals surface area contributed by atoms with Gasteiger partial charge in [0.2, 0.25) is 0 Å². The van der Waals surface area contributed by atoms with Crippen LogP contribution in [0, 0.1) is 17.0 Å². The molecule has 0 radical (unpaired) electrons. The molecule has 1 aromatic rings. The van der Waals surface area contributed by atoms with Crippen LogP contribution in [-0.4, -0.2) is 6.04 Å². The molecule has 17 heavy (non-hydrogen) atoms. The summed E-state index contributed by atoms with van der Waals surface area (Å²) in [6.07, 6.45) is 1.35. The Labute approximate surface area is 101 Å². The Morgan fingerprint density at radius 1 is 1.18 bits per heavy atom. The third-order valence-electron chi connectivity index (χ3n) is 2.50. The fraction of sp³-hybridized carbons (Fsp3) is 0.538. The lowest BCUT2D eigenvalue weighted by atomic mass is 9.86. The highest BCUT2D eigenvalue weighted by Gasteiger charge is 2.18. The maximum absolute atomic E-state index is 13.0. The van der Waals surface area contributed by atoms with Crippen LogP contribution in [0.15, 0.2) is 18.2 Å². The molecule has 0 bridgehead atoms. The van der Waals surface area contributed by atoms with E-state index in [-0.39, 0.29) is 11.5 Å². The number of hydrogen-bond acceptors (Lipinski definition) is 2. The summed E-state index contributed by atoms with van der Waals surface area (Å²) in [5, 5.41) is 0. The molecule has 0 spiro atoms. The number of benzene rings is 1. The standard InChI is InChI=1S/C13H20F2N2/c1-13(2,3)8-12(17-16)6-9-4-10(14)7-11(15)5-9/h4-5,7,12,17H,6,8,16H2,1-3H3. The number of rotatable bonds is 4. The Morgan fingerprint density at radius 2 is 1.71 bits per heavy atom.